The molecule has 368 valence electrons. The Kier molecular flexibility index (Phi) is 19.4. The van der Waals surface area contributed by atoms with Gasteiger partial charge in [0.2, 0.25) is 0 Å². The van der Waals surface area contributed by atoms with Gasteiger partial charge in [-0.1, -0.05) is 61.4 Å². The van der Waals surface area contributed by atoms with E-state index in [2.05, 4.69) is 55.4 Å². The van der Waals surface area contributed by atoms with Crippen molar-refractivity contribution < 1.29 is 69.2 Å². The van der Waals surface area contributed by atoms with Crippen molar-refractivity contribution in [3.63, 3.8) is 0 Å². The molecule has 1 amide bonds. The molecule has 2 aliphatic rings. The van der Waals surface area contributed by atoms with Gasteiger partial charge in [-0.15, -0.1) is 0 Å². The molecular weight excluding hydrogens is 903 g/mol. The predicted molar refractivity (Wildman–Crippen MR) is 261 cm³/mol. The zero-order valence-corrected chi connectivity index (χ0v) is 39.6. The zero-order chi connectivity index (χ0) is 51.7. The highest BCUT2D eigenvalue weighted by Gasteiger charge is 2.31. The van der Waals surface area contributed by atoms with Crippen molar-refractivity contribution in [2.45, 2.75) is 72.8 Å². The fraction of sp³-hybridized carbons (Fsp3) is 0.264. The van der Waals surface area contributed by atoms with Crippen molar-refractivity contribution >= 4 is 41.0 Å². The van der Waals surface area contributed by atoms with Gasteiger partial charge in [-0.25, -0.2) is 9.59 Å². The van der Waals surface area contributed by atoms with Gasteiger partial charge in [-0.2, -0.15) is 10.2 Å². The minimum atomic E-state index is -1.28. The summed E-state index contributed by atoms with van der Waals surface area (Å²) in [6, 6.07) is 17.0. The predicted octanol–water partition coefficient (Wildman–Crippen LogP) is 10.8. The van der Waals surface area contributed by atoms with Gasteiger partial charge in [0.05, 0.1) is 31.3 Å². The number of hydrogen-bond acceptors (Lipinski definition) is 13. The van der Waals surface area contributed by atoms with Crippen molar-refractivity contribution in [2.24, 2.45) is 15.6 Å². The average molecular weight is 960 g/mol. The number of amides is 1. The third-order valence-electron chi connectivity index (χ3n) is 10.9. The Morgan fingerprint density at radius 2 is 1.53 bits per heavy atom. The first-order chi connectivity index (χ1) is 33.1. The Morgan fingerprint density at radius 1 is 0.843 bits per heavy atom. The molecule has 6 rings (SSSR count). The summed E-state index contributed by atoms with van der Waals surface area (Å²) in [6.07, 6.45) is 14.3. The summed E-state index contributed by atoms with van der Waals surface area (Å²) in [5.41, 5.74) is 6.49. The number of rotatable bonds is 14. The van der Waals surface area contributed by atoms with E-state index in [1.165, 1.54) is 98.2 Å². The lowest BCUT2D eigenvalue weighted by Crippen LogP contribution is -2.25. The second-order valence-corrected chi connectivity index (χ2v) is 16.9. The number of ketones is 1. The van der Waals surface area contributed by atoms with Gasteiger partial charge in [-0.3, -0.25) is 14.4 Å². The van der Waals surface area contributed by atoms with Crippen molar-refractivity contribution in [1.29, 1.82) is 0 Å². The van der Waals surface area contributed by atoms with Crippen LogP contribution in [0.25, 0.3) is 0 Å². The molecule has 0 saturated heterocycles. The van der Waals surface area contributed by atoms with Crippen LogP contribution in [-0.2, 0) is 9.59 Å². The number of nitrogens with zero attached hydrogens (tertiary/aromatic N) is 2. The molecule has 8 N–H and O–H groups in total. The standard InChI is InChI=1S/C20H28O2.C17H15N3O6.C16H14O6/c1-15(8-6-9-16(2)14-19(21)22)11-12-18-17(3)10-7-13-20(18,4)5;21-14-6-5-12(9-13(14)17(25)26)20-19-11-3-1-10(2-4-11)16(24)18-8-7-15(22)23;1-21-13-3-2-8(4-10(13)18)14-7-12(20)16-11(19)5-9(17)6-15(16)22-14/h6,8-9,11-12,14H,7,10,13H2,1-5H3,(H,21,22);1-6,9,21H,7-8H2,(H,18,24)(H,22,23)(H,25,26);2-6,14,17-19H,7H2,1H3/b9-6+,12-11+,15-8-,16-14+;;/t;;14-/m..0/s1. The summed E-state index contributed by atoms with van der Waals surface area (Å²) in [6.45, 7) is 10.7. The van der Waals surface area contributed by atoms with Gasteiger partial charge in [-0.05, 0) is 117 Å². The van der Waals surface area contributed by atoms with Gasteiger partial charge in [0.25, 0.3) is 5.91 Å². The molecule has 0 saturated carbocycles. The number of benzene rings is 4. The van der Waals surface area contributed by atoms with E-state index in [0.717, 1.165) is 17.2 Å². The number of azo groups is 1. The summed E-state index contributed by atoms with van der Waals surface area (Å²) in [5, 5.41) is 75.0. The first-order valence-electron chi connectivity index (χ1n) is 21.9. The monoisotopic (exact) mass is 959 g/mol. The van der Waals surface area contributed by atoms with Crippen molar-refractivity contribution in [1.82, 2.24) is 5.32 Å². The molecule has 0 unspecified atom stereocenters. The summed E-state index contributed by atoms with van der Waals surface area (Å²) in [4.78, 5) is 55.9. The number of carboxylic acids is 3. The topological polar surface area (TPSA) is 282 Å². The second kappa shape index (κ2) is 25.1. The number of fused-ring (bicyclic) bond motifs is 1. The minimum absolute atomic E-state index is 0.0249. The number of phenolic OH excluding ortho intramolecular Hbond substituents is 3. The van der Waals surface area contributed by atoms with Crippen LogP contribution in [0.15, 0.2) is 142 Å². The lowest BCUT2D eigenvalue weighted by Gasteiger charge is -2.32. The van der Waals surface area contributed by atoms with Gasteiger partial charge in [0.15, 0.2) is 17.3 Å². The quantitative estimate of drug-likeness (QED) is 0.0331. The Morgan fingerprint density at radius 3 is 2.16 bits per heavy atom. The van der Waals surface area contributed by atoms with Crippen LogP contribution >= 0.6 is 0 Å². The smallest absolute Gasteiger partial charge is 0.339 e. The summed E-state index contributed by atoms with van der Waals surface area (Å²) < 4.78 is 10.7. The van der Waals surface area contributed by atoms with E-state index >= 15 is 0 Å². The molecular formula is C53H57N3O14. The van der Waals surface area contributed by atoms with E-state index in [9.17, 15) is 44.4 Å². The highest BCUT2D eigenvalue weighted by molar-refractivity contribution is 6.02. The van der Waals surface area contributed by atoms with Gasteiger partial charge < -0.3 is 50.5 Å². The Hall–Kier alpha value is -8.47. The van der Waals surface area contributed by atoms with Crippen molar-refractivity contribution in [3.8, 4) is 34.5 Å². The number of methoxy groups -OCH3 is 1. The van der Waals surface area contributed by atoms with Crippen LogP contribution in [0.3, 0.4) is 0 Å². The molecule has 17 heteroatoms. The van der Waals surface area contributed by atoms with E-state index in [1.54, 1.807) is 25.1 Å². The largest absolute Gasteiger partial charge is 0.508 e. The third-order valence-corrected chi connectivity index (χ3v) is 10.9. The van der Waals surface area contributed by atoms with Gasteiger partial charge in [0, 0.05) is 30.3 Å². The summed E-state index contributed by atoms with van der Waals surface area (Å²) >= 11 is 0. The maximum Gasteiger partial charge on any atom is 0.339 e. The van der Waals surface area contributed by atoms with Crippen molar-refractivity contribution in [2.75, 3.05) is 13.7 Å². The number of carbonyl (C=O) groups excluding carboxylic acids is 2. The fourth-order valence-electron chi connectivity index (χ4n) is 7.33. The lowest BCUT2D eigenvalue weighted by atomic mass is 9.72. The zero-order valence-electron chi connectivity index (χ0n) is 39.6. The first-order valence-corrected chi connectivity index (χ1v) is 21.9. The number of phenols is 4. The fourth-order valence-corrected chi connectivity index (χ4v) is 7.33. The Labute approximate surface area is 404 Å². The maximum atomic E-state index is 12.2. The summed E-state index contributed by atoms with van der Waals surface area (Å²) in [5.74, 6) is -4.37. The highest BCUT2D eigenvalue weighted by atomic mass is 16.5. The van der Waals surface area contributed by atoms with Crippen LogP contribution in [0, 0.1) is 5.41 Å². The normalized spacial score (nSPS) is 15.6. The number of carboxylic acid groups (broad SMARTS) is 3. The van der Waals surface area contributed by atoms with E-state index in [4.69, 9.17) is 24.8 Å². The van der Waals surface area contributed by atoms with E-state index in [0.29, 0.717) is 22.6 Å². The Bertz CT molecular complexity index is 2780. The molecule has 0 spiro atoms. The molecule has 0 fully saturated rings. The van der Waals surface area contributed by atoms with E-state index in [1.807, 2.05) is 12.2 Å². The summed E-state index contributed by atoms with van der Waals surface area (Å²) in [7, 11) is 1.44. The minimum Gasteiger partial charge on any atom is -0.508 e. The van der Waals surface area contributed by atoms with E-state index in [-0.39, 0.29) is 76.1 Å². The Balaban J connectivity index is 0.000000230. The molecule has 1 heterocycles. The van der Waals surface area contributed by atoms with Gasteiger partial charge in [0.1, 0.15) is 40.2 Å². The molecule has 4 aromatic rings. The number of Topliss-reactive ketones (excluding diaryl/α,β-unsaturated/α-hetero) is 1. The molecule has 0 radical (unpaired) electrons. The lowest BCUT2D eigenvalue weighted by molar-refractivity contribution is -0.137. The second-order valence-electron chi connectivity index (χ2n) is 16.9. The first kappa shape index (κ1) is 54.1. The number of aromatic carboxylic acids is 1. The molecule has 70 heavy (non-hydrogen) atoms. The number of hydrogen-bond donors (Lipinski definition) is 8. The molecule has 4 aromatic carbocycles. The number of allylic oxidation sites excluding steroid dienone is 9. The highest BCUT2D eigenvalue weighted by Crippen LogP contribution is 2.43. The van der Waals surface area contributed by atoms with Crippen LogP contribution in [0.5, 0.6) is 34.5 Å². The van der Waals surface area contributed by atoms with E-state index < -0.39 is 29.9 Å². The molecule has 1 aliphatic carbocycles. The van der Waals surface area contributed by atoms with Crippen molar-refractivity contribution in [3.05, 3.63) is 154 Å². The van der Waals surface area contributed by atoms with Gasteiger partial charge >= 0.3 is 17.9 Å². The van der Waals surface area contributed by atoms with Crippen LogP contribution in [0.2, 0.25) is 0 Å². The number of aromatic hydroxyl groups is 4. The van der Waals surface area contributed by atoms with Crippen LogP contribution in [-0.4, -0.2) is 79.0 Å². The maximum absolute atomic E-state index is 12.2. The number of nitrogens with one attached hydrogen (secondary N) is 1. The molecule has 0 aromatic heterocycles. The average Bonchev–Trinajstić information content (AvgIpc) is 3.28. The molecule has 17 nitrogen and oxygen atoms in total. The van der Waals surface area contributed by atoms with Crippen LogP contribution in [0.4, 0.5) is 11.4 Å². The SMILES string of the molecule is CC1=C(/C=C/C(C)=C\C=C\C(C)=C\C(=O)O)C(C)(C)CCC1.COc1ccc([C@@H]2CC(=O)c3c(O)cc(O)cc3O2)cc1O.O=C(O)CCNC(=O)c1ccc(N=Nc2ccc(O)c(C(=O)O)c2)cc1. The molecule has 1 aliphatic heterocycles. The number of aliphatic carboxylic acids is 2. The van der Waals surface area contributed by atoms with Crippen LogP contribution < -0.4 is 14.8 Å². The molecule has 0 bridgehead atoms. The number of ether oxygens (including phenoxy) is 2. The van der Waals surface area contributed by atoms with Crippen LogP contribution in [0.1, 0.15) is 109 Å². The number of carbonyl (C=O) groups is 5. The third kappa shape index (κ3) is 16.1. The molecule has 1 atom stereocenters.